The number of methoxy groups -OCH3 is 1. The Balaban J connectivity index is 1.47. The molecule has 3 aromatic heterocycles. The first kappa shape index (κ1) is 25.4. The number of nitrogen functional groups attached to an aromatic ring is 1. The molecule has 3 heterocycles. The van der Waals surface area contributed by atoms with Gasteiger partial charge in [-0.15, -0.1) is 0 Å². The van der Waals surface area contributed by atoms with E-state index in [4.69, 9.17) is 20.0 Å². The number of nitrogens with two attached hydrogens (primary N) is 1. The Bertz CT molecular complexity index is 2220. The van der Waals surface area contributed by atoms with Gasteiger partial charge < -0.3 is 14.9 Å². The number of hydrogen-bond acceptors (Lipinski definition) is 7. The minimum Gasteiger partial charge on any atom is -0.497 e. The van der Waals surface area contributed by atoms with Gasteiger partial charge in [-0.3, -0.25) is 4.79 Å². The van der Waals surface area contributed by atoms with Crippen molar-refractivity contribution in [2.45, 2.75) is 13.0 Å². The lowest BCUT2D eigenvalue weighted by Gasteiger charge is -2.17. The smallest absolute Gasteiger partial charge is 0.200 e. The van der Waals surface area contributed by atoms with E-state index in [9.17, 15) is 9.18 Å². The molecule has 0 radical (unpaired) electrons. The zero-order valence-electron chi connectivity index (χ0n) is 22.7. The highest BCUT2D eigenvalue weighted by Gasteiger charge is 2.27. The Morgan fingerprint density at radius 2 is 1.74 bits per heavy atom. The van der Waals surface area contributed by atoms with Crippen LogP contribution in [0.25, 0.3) is 55.2 Å². The molecule has 0 aliphatic heterocycles. The number of rotatable bonds is 5. The fraction of sp³-hybridized carbons (Fsp3) is 0.0909. The summed E-state index contributed by atoms with van der Waals surface area (Å²) in [7, 11) is 1.63. The number of halogens is 1. The Kier molecular flexibility index (Phi) is 5.93. The lowest BCUT2D eigenvalue weighted by atomic mass is 9.99. The van der Waals surface area contributed by atoms with Gasteiger partial charge >= 0.3 is 0 Å². The highest BCUT2D eigenvalue weighted by atomic mass is 19.1. The lowest BCUT2D eigenvalue weighted by molar-refractivity contribution is 0.415. The van der Waals surface area contributed by atoms with Crippen molar-refractivity contribution in [1.29, 1.82) is 0 Å². The van der Waals surface area contributed by atoms with Gasteiger partial charge in [0.15, 0.2) is 5.65 Å². The first-order valence-corrected chi connectivity index (χ1v) is 13.3. The second-order valence-corrected chi connectivity index (χ2v) is 10.0. The highest BCUT2D eigenvalue weighted by molar-refractivity contribution is 6.00. The predicted molar refractivity (Wildman–Crippen MR) is 161 cm³/mol. The quantitative estimate of drug-likeness (QED) is 0.249. The predicted octanol–water partition coefficient (Wildman–Crippen LogP) is 6.76. The van der Waals surface area contributed by atoms with E-state index in [1.807, 2.05) is 43.3 Å². The molecule has 42 heavy (non-hydrogen) atoms. The van der Waals surface area contributed by atoms with Crippen LogP contribution in [0.1, 0.15) is 18.7 Å². The van der Waals surface area contributed by atoms with Crippen LogP contribution in [0.4, 0.5) is 10.2 Å². The van der Waals surface area contributed by atoms with Gasteiger partial charge in [-0.05, 0) is 65.7 Å². The molecule has 4 aromatic carbocycles. The van der Waals surface area contributed by atoms with Gasteiger partial charge in [0, 0.05) is 5.56 Å². The molecule has 0 saturated heterocycles. The number of ether oxygens (including phenoxy) is 1. The number of aromatic nitrogens is 4. The van der Waals surface area contributed by atoms with Crippen LogP contribution < -0.4 is 15.9 Å². The average molecular weight is 558 g/mol. The summed E-state index contributed by atoms with van der Waals surface area (Å²) < 4.78 is 27.8. The Morgan fingerprint density at radius 3 is 2.57 bits per heavy atom. The summed E-state index contributed by atoms with van der Waals surface area (Å²) in [6.45, 7) is 1.86. The van der Waals surface area contributed by atoms with E-state index >= 15 is 0 Å². The second-order valence-electron chi connectivity index (χ2n) is 10.0. The van der Waals surface area contributed by atoms with Gasteiger partial charge in [0.1, 0.15) is 46.8 Å². The number of hydrogen-bond donors (Lipinski definition) is 1. The van der Waals surface area contributed by atoms with Crippen LogP contribution in [0, 0.1) is 5.82 Å². The van der Waals surface area contributed by atoms with Crippen molar-refractivity contribution in [1.82, 2.24) is 19.7 Å². The van der Waals surface area contributed by atoms with Crippen LogP contribution in [0.2, 0.25) is 0 Å². The van der Waals surface area contributed by atoms with Crippen molar-refractivity contribution in [2.24, 2.45) is 0 Å². The van der Waals surface area contributed by atoms with Gasteiger partial charge in [0.25, 0.3) is 0 Å². The number of para-hydroxylation sites is 1. The van der Waals surface area contributed by atoms with E-state index in [0.29, 0.717) is 39.0 Å². The van der Waals surface area contributed by atoms with Crippen molar-refractivity contribution in [3.8, 4) is 28.1 Å². The summed E-state index contributed by atoms with van der Waals surface area (Å²) in [5.74, 6) is 0.902. The van der Waals surface area contributed by atoms with Crippen molar-refractivity contribution >= 4 is 38.6 Å². The maximum atomic E-state index is 14.4. The third kappa shape index (κ3) is 4.05. The van der Waals surface area contributed by atoms with E-state index in [0.717, 1.165) is 22.1 Å². The molecule has 0 aliphatic carbocycles. The van der Waals surface area contributed by atoms with Gasteiger partial charge in [-0.25, -0.2) is 19.0 Å². The summed E-state index contributed by atoms with van der Waals surface area (Å²) in [5.41, 5.74) is 9.09. The first-order chi connectivity index (χ1) is 20.4. The molecule has 0 amide bonds. The van der Waals surface area contributed by atoms with E-state index in [2.05, 4.69) is 9.97 Å². The van der Waals surface area contributed by atoms with Crippen LogP contribution in [-0.2, 0) is 0 Å². The minimum atomic E-state index is -0.629. The van der Waals surface area contributed by atoms with Gasteiger partial charge in [0.05, 0.1) is 23.4 Å². The van der Waals surface area contributed by atoms with Crippen LogP contribution in [0.5, 0.6) is 5.75 Å². The zero-order chi connectivity index (χ0) is 29.0. The summed E-state index contributed by atoms with van der Waals surface area (Å²) in [6, 6.07) is 24.1. The summed E-state index contributed by atoms with van der Waals surface area (Å²) >= 11 is 0. The van der Waals surface area contributed by atoms with Gasteiger partial charge in [-0.1, -0.05) is 42.5 Å². The summed E-state index contributed by atoms with van der Waals surface area (Å²) in [6.07, 6.45) is 1.38. The summed E-state index contributed by atoms with van der Waals surface area (Å²) in [4.78, 5) is 22.6. The lowest BCUT2D eigenvalue weighted by Crippen LogP contribution is -2.16. The first-order valence-electron chi connectivity index (χ1n) is 13.3. The van der Waals surface area contributed by atoms with E-state index < -0.39 is 11.9 Å². The Hall–Kier alpha value is -5.57. The molecule has 0 bridgehead atoms. The van der Waals surface area contributed by atoms with Crippen LogP contribution >= 0.6 is 0 Å². The van der Waals surface area contributed by atoms with E-state index in [1.165, 1.54) is 18.5 Å². The monoisotopic (exact) mass is 557 g/mol. The largest absolute Gasteiger partial charge is 0.497 e. The summed E-state index contributed by atoms with van der Waals surface area (Å²) in [5, 5.41) is 7.96. The fourth-order valence-electron chi connectivity index (χ4n) is 5.45. The number of fused-ring (bicyclic) bond motifs is 3. The molecule has 7 rings (SSSR count). The highest BCUT2D eigenvalue weighted by Crippen LogP contribution is 2.37. The normalized spacial score (nSPS) is 12.3. The van der Waals surface area contributed by atoms with Crippen molar-refractivity contribution in [3.63, 3.8) is 0 Å². The van der Waals surface area contributed by atoms with Crippen LogP contribution in [0.3, 0.4) is 0 Å². The van der Waals surface area contributed by atoms with E-state index in [1.54, 1.807) is 48.2 Å². The molecule has 0 fully saturated rings. The molecule has 0 aliphatic rings. The number of benzene rings is 4. The third-order valence-electron chi connectivity index (χ3n) is 7.52. The topological polar surface area (TPSA) is 109 Å². The molecule has 8 nitrogen and oxygen atoms in total. The molecule has 9 heteroatoms. The molecule has 1 atom stereocenters. The SMILES string of the molecule is COc1ccc2cc(-c3nn(C(C)c4oc5ccccc5c(=O)c4-c4cccc(F)c4)c4ncnc(N)c34)ccc2c1. The molecule has 1 unspecified atom stereocenters. The Morgan fingerprint density at radius 1 is 0.929 bits per heavy atom. The molecular formula is C33H24FN5O3. The molecule has 0 saturated carbocycles. The van der Waals surface area contributed by atoms with E-state index in [-0.39, 0.29) is 16.8 Å². The third-order valence-corrected chi connectivity index (χ3v) is 7.52. The molecule has 2 N–H and O–H groups in total. The van der Waals surface area contributed by atoms with Crippen LogP contribution in [-0.4, -0.2) is 26.9 Å². The van der Waals surface area contributed by atoms with Crippen LogP contribution in [0.15, 0.2) is 100 Å². The molecular weight excluding hydrogens is 533 g/mol. The number of anilines is 1. The van der Waals surface area contributed by atoms with Gasteiger partial charge in [-0.2, -0.15) is 5.10 Å². The Labute approximate surface area is 238 Å². The standard InChI is InChI=1S/C33H24FN5O3/c1-18(31-27(21-6-5-7-23(34)15-21)30(40)25-8-3-4-9-26(25)42-31)39-33-28(32(35)36-17-37-33)29(38-39)22-11-10-20-16-24(41-2)13-12-19(20)14-22/h3-18H,1-2H3,(H2,35,36,37). The molecule has 206 valence electrons. The van der Waals surface area contributed by atoms with Crippen molar-refractivity contribution in [2.75, 3.05) is 12.8 Å². The van der Waals surface area contributed by atoms with Crippen molar-refractivity contribution in [3.05, 3.63) is 113 Å². The minimum absolute atomic E-state index is 0.257. The maximum Gasteiger partial charge on any atom is 0.200 e. The van der Waals surface area contributed by atoms with Crippen molar-refractivity contribution < 1.29 is 13.5 Å². The zero-order valence-corrected chi connectivity index (χ0v) is 22.7. The fourth-order valence-corrected chi connectivity index (χ4v) is 5.45. The maximum absolute atomic E-state index is 14.4. The molecule has 0 spiro atoms. The molecule has 7 aromatic rings. The number of nitrogens with zero attached hydrogens (tertiary/aromatic N) is 4. The average Bonchev–Trinajstić information content (AvgIpc) is 3.41. The second kappa shape index (κ2) is 9.81. The van der Waals surface area contributed by atoms with Gasteiger partial charge in [0.2, 0.25) is 5.43 Å².